The van der Waals surface area contributed by atoms with Gasteiger partial charge in [0.2, 0.25) is 0 Å². The maximum atomic E-state index is 13.0. The molecular formula is C12H18BrClFN. The molecule has 92 valence electrons. The highest BCUT2D eigenvalue weighted by molar-refractivity contribution is 9.10. The summed E-state index contributed by atoms with van der Waals surface area (Å²) in [5.41, 5.74) is 6.87. The van der Waals surface area contributed by atoms with Gasteiger partial charge < -0.3 is 5.73 Å². The van der Waals surface area contributed by atoms with Crippen molar-refractivity contribution in [3.05, 3.63) is 34.1 Å². The zero-order chi connectivity index (χ0) is 11.4. The van der Waals surface area contributed by atoms with Gasteiger partial charge in [0.15, 0.2) is 0 Å². The van der Waals surface area contributed by atoms with E-state index in [4.69, 9.17) is 5.73 Å². The lowest BCUT2D eigenvalue weighted by molar-refractivity contribution is 0.504. The first-order valence-electron chi connectivity index (χ1n) is 5.21. The van der Waals surface area contributed by atoms with E-state index >= 15 is 0 Å². The Morgan fingerprint density at radius 2 is 1.94 bits per heavy atom. The van der Waals surface area contributed by atoms with Gasteiger partial charge in [0, 0.05) is 10.5 Å². The molecule has 4 heteroatoms. The molecule has 0 heterocycles. The molecule has 1 aromatic carbocycles. The van der Waals surface area contributed by atoms with Crippen molar-refractivity contribution in [1.29, 1.82) is 0 Å². The van der Waals surface area contributed by atoms with Crippen molar-refractivity contribution < 1.29 is 4.39 Å². The topological polar surface area (TPSA) is 26.0 Å². The maximum absolute atomic E-state index is 13.0. The minimum Gasteiger partial charge on any atom is -0.324 e. The molecule has 0 amide bonds. The molecule has 0 radical (unpaired) electrons. The van der Waals surface area contributed by atoms with Crippen molar-refractivity contribution in [1.82, 2.24) is 0 Å². The molecule has 0 unspecified atom stereocenters. The van der Waals surface area contributed by atoms with Crippen LogP contribution in [0.2, 0.25) is 0 Å². The van der Waals surface area contributed by atoms with Crippen LogP contribution in [0.4, 0.5) is 4.39 Å². The van der Waals surface area contributed by atoms with Crippen molar-refractivity contribution in [3.8, 4) is 0 Å². The molecule has 1 rings (SSSR count). The van der Waals surface area contributed by atoms with Crippen LogP contribution < -0.4 is 5.73 Å². The number of hydrogen-bond donors (Lipinski definition) is 1. The van der Waals surface area contributed by atoms with Gasteiger partial charge in [0.25, 0.3) is 0 Å². The molecular weight excluding hydrogens is 292 g/mol. The van der Waals surface area contributed by atoms with E-state index in [2.05, 4.69) is 29.8 Å². The lowest BCUT2D eigenvalue weighted by atomic mass is 9.98. The van der Waals surface area contributed by atoms with E-state index in [1.807, 2.05) is 0 Å². The zero-order valence-corrected chi connectivity index (χ0v) is 11.9. The van der Waals surface area contributed by atoms with E-state index in [-0.39, 0.29) is 24.3 Å². The minimum atomic E-state index is -0.229. The highest BCUT2D eigenvalue weighted by atomic mass is 79.9. The van der Waals surface area contributed by atoms with Crippen molar-refractivity contribution in [3.63, 3.8) is 0 Å². The quantitative estimate of drug-likeness (QED) is 0.874. The van der Waals surface area contributed by atoms with E-state index in [0.717, 1.165) is 22.9 Å². The number of halogens is 3. The van der Waals surface area contributed by atoms with Crippen LogP contribution in [0.25, 0.3) is 0 Å². The van der Waals surface area contributed by atoms with Gasteiger partial charge in [0.05, 0.1) is 0 Å². The molecule has 1 atom stereocenters. The third-order valence-electron chi connectivity index (χ3n) is 2.41. The number of nitrogens with two attached hydrogens (primary N) is 1. The summed E-state index contributed by atoms with van der Waals surface area (Å²) in [4.78, 5) is 0. The molecule has 0 saturated carbocycles. The van der Waals surface area contributed by atoms with Gasteiger partial charge in [-0.15, -0.1) is 12.4 Å². The third kappa shape index (κ3) is 4.81. The zero-order valence-electron chi connectivity index (χ0n) is 9.54. The Labute approximate surface area is 111 Å². The summed E-state index contributed by atoms with van der Waals surface area (Å²) in [5, 5.41) is 0. The molecule has 16 heavy (non-hydrogen) atoms. The van der Waals surface area contributed by atoms with Crippen LogP contribution in [0.1, 0.15) is 38.3 Å². The van der Waals surface area contributed by atoms with Crippen LogP contribution in [0.5, 0.6) is 0 Å². The highest BCUT2D eigenvalue weighted by Crippen LogP contribution is 2.26. The second-order valence-electron chi connectivity index (χ2n) is 4.24. The lowest BCUT2D eigenvalue weighted by Crippen LogP contribution is -2.12. The smallest absolute Gasteiger partial charge is 0.123 e. The molecule has 2 N–H and O–H groups in total. The number of rotatable bonds is 4. The fraction of sp³-hybridized carbons (Fsp3) is 0.500. The Kier molecular flexibility index (Phi) is 7.20. The van der Waals surface area contributed by atoms with Gasteiger partial charge in [-0.1, -0.05) is 29.8 Å². The summed E-state index contributed by atoms with van der Waals surface area (Å²) in [5.74, 6) is 0.400. The normalized spacial score (nSPS) is 12.4. The Balaban J connectivity index is 0.00000225. The highest BCUT2D eigenvalue weighted by Gasteiger charge is 2.11. The van der Waals surface area contributed by atoms with Crippen LogP contribution >= 0.6 is 28.3 Å². The molecule has 1 nitrogen and oxygen atoms in total. The first-order valence-corrected chi connectivity index (χ1v) is 6.00. The monoisotopic (exact) mass is 309 g/mol. The molecule has 0 spiro atoms. The van der Waals surface area contributed by atoms with Gasteiger partial charge in [-0.2, -0.15) is 0 Å². The largest absolute Gasteiger partial charge is 0.324 e. The van der Waals surface area contributed by atoms with Crippen molar-refractivity contribution in [2.45, 2.75) is 32.7 Å². The van der Waals surface area contributed by atoms with Gasteiger partial charge in [-0.05, 0) is 42.5 Å². The molecule has 0 bridgehead atoms. The average molecular weight is 311 g/mol. The SMILES string of the molecule is CC(C)CC[C@H](N)c1cc(F)ccc1Br.Cl. The van der Waals surface area contributed by atoms with Crippen LogP contribution in [-0.2, 0) is 0 Å². The van der Waals surface area contributed by atoms with E-state index in [1.54, 1.807) is 6.07 Å². The molecule has 0 aliphatic carbocycles. The molecule has 0 aromatic heterocycles. The fourth-order valence-electron chi connectivity index (χ4n) is 1.47. The minimum absolute atomic E-state index is 0. The van der Waals surface area contributed by atoms with E-state index in [1.165, 1.54) is 12.1 Å². The Bertz CT molecular complexity index is 331. The summed E-state index contributed by atoms with van der Waals surface area (Å²) in [6.45, 7) is 4.32. The maximum Gasteiger partial charge on any atom is 0.123 e. The second kappa shape index (κ2) is 7.25. The van der Waals surface area contributed by atoms with Crippen LogP contribution in [-0.4, -0.2) is 0 Å². The van der Waals surface area contributed by atoms with E-state index < -0.39 is 0 Å². The Morgan fingerprint density at radius 1 is 1.31 bits per heavy atom. The van der Waals surface area contributed by atoms with Crippen LogP contribution in [0, 0.1) is 11.7 Å². The first-order chi connectivity index (χ1) is 7.00. The predicted molar refractivity (Wildman–Crippen MR) is 72.3 cm³/mol. The van der Waals surface area contributed by atoms with E-state index in [0.29, 0.717) is 5.92 Å². The summed E-state index contributed by atoms with van der Waals surface area (Å²) in [7, 11) is 0. The average Bonchev–Trinajstić information content (AvgIpc) is 2.18. The summed E-state index contributed by atoms with van der Waals surface area (Å²) < 4.78 is 13.9. The Morgan fingerprint density at radius 3 is 2.50 bits per heavy atom. The standard InChI is InChI=1S/C12H17BrFN.ClH/c1-8(2)3-6-12(15)10-7-9(14)4-5-11(10)13;/h4-5,7-8,12H,3,6,15H2,1-2H3;1H/t12-;/m0./s1. The third-order valence-corrected chi connectivity index (χ3v) is 3.13. The van der Waals surface area contributed by atoms with Crippen molar-refractivity contribution in [2.24, 2.45) is 11.7 Å². The molecule has 0 aliphatic rings. The summed E-state index contributed by atoms with van der Waals surface area (Å²) in [6, 6.07) is 4.56. The molecule has 0 aliphatic heterocycles. The predicted octanol–water partition coefficient (Wildman–Crippen LogP) is 4.45. The van der Waals surface area contributed by atoms with Crippen molar-refractivity contribution in [2.75, 3.05) is 0 Å². The fourth-order valence-corrected chi connectivity index (χ4v) is 2.01. The summed E-state index contributed by atoms with van der Waals surface area (Å²) >= 11 is 3.39. The molecule has 0 fully saturated rings. The first kappa shape index (κ1) is 15.9. The van der Waals surface area contributed by atoms with Crippen LogP contribution in [0.15, 0.2) is 22.7 Å². The number of benzene rings is 1. The summed E-state index contributed by atoms with van der Waals surface area (Å²) in [6.07, 6.45) is 1.95. The van der Waals surface area contributed by atoms with Gasteiger partial charge in [0.1, 0.15) is 5.82 Å². The van der Waals surface area contributed by atoms with Crippen molar-refractivity contribution >= 4 is 28.3 Å². The molecule has 1 aromatic rings. The van der Waals surface area contributed by atoms with Gasteiger partial charge in [-0.3, -0.25) is 0 Å². The lowest BCUT2D eigenvalue weighted by Gasteiger charge is -2.15. The molecule has 0 saturated heterocycles. The number of hydrogen-bond acceptors (Lipinski definition) is 1. The second-order valence-corrected chi connectivity index (χ2v) is 5.10. The van der Waals surface area contributed by atoms with Gasteiger partial charge in [-0.25, -0.2) is 4.39 Å². The van der Waals surface area contributed by atoms with E-state index in [9.17, 15) is 4.39 Å². The Hall–Kier alpha value is -0.120. The van der Waals surface area contributed by atoms with Gasteiger partial charge >= 0.3 is 0 Å². The van der Waals surface area contributed by atoms with Crippen LogP contribution in [0.3, 0.4) is 0 Å².